The van der Waals surface area contributed by atoms with Crippen LogP contribution in [0.3, 0.4) is 0 Å². The average Bonchev–Trinajstić information content (AvgIpc) is 2.72. The zero-order valence-corrected chi connectivity index (χ0v) is 18.2. The highest BCUT2D eigenvalue weighted by molar-refractivity contribution is 7.92. The molecule has 0 fully saturated rings. The summed E-state index contributed by atoms with van der Waals surface area (Å²) < 4.78 is 58.4. The Hall–Kier alpha value is -2.10. The minimum Gasteiger partial charge on any atom is -0.497 e. The van der Waals surface area contributed by atoms with Crippen molar-refractivity contribution in [3.63, 3.8) is 0 Å². The van der Waals surface area contributed by atoms with Crippen molar-refractivity contribution in [2.24, 2.45) is 0 Å². The van der Waals surface area contributed by atoms with E-state index in [1.54, 1.807) is 38.3 Å². The van der Waals surface area contributed by atoms with Gasteiger partial charge in [-0.25, -0.2) is 16.8 Å². The van der Waals surface area contributed by atoms with Crippen molar-refractivity contribution in [1.29, 1.82) is 0 Å². The number of fused-ring (bicyclic) bond motifs is 1. The second-order valence-corrected chi connectivity index (χ2v) is 11.1. The molecule has 0 unspecified atom stereocenters. The van der Waals surface area contributed by atoms with Gasteiger partial charge in [0.15, 0.2) is 0 Å². The average molecular weight is 439 g/mol. The normalized spacial score (nSPS) is 15.0. The Balaban J connectivity index is 1.67. The Morgan fingerprint density at radius 3 is 2.41 bits per heavy atom. The number of anilines is 1. The number of hydrogen-bond acceptors (Lipinski definition) is 5. The van der Waals surface area contributed by atoms with Gasteiger partial charge in [-0.3, -0.25) is 4.72 Å². The summed E-state index contributed by atoms with van der Waals surface area (Å²) in [5.74, 6) is 0.732. The van der Waals surface area contributed by atoms with Gasteiger partial charge in [-0.2, -0.15) is 4.31 Å². The van der Waals surface area contributed by atoms with Crippen LogP contribution < -0.4 is 9.46 Å². The molecular formula is C20H26N2O5S2. The lowest BCUT2D eigenvalue weighted by Crippen LogP contribution is -2.36. The van der Waals surface area contributed by atoms with Crippen molar-refractivity contribution >= 4 is 25.7 Å². The van der Waals surface area contributed by atoms with Crippen molar-refractivity contribution in [3.8, 4) is 5.75 Å². The minimum atomic E-state index is -3.53. The molecule has 29 heavy (non-hydrogen) atoms. The van der Waals surface area contributed by atoms with Gasteiger partial charge in [-0.15, -0.1) is 0 Å². The smallest absolute Gasteiger partial charge is 0.233 e. The largest absolute Gasteiger partial charge is 0.497 e. The Morgan fingerprint density at radius 1 is 1.03 bits per heavy atom. The SMILES string of the molecule is CCS(=O)(=O)N1CCc2ccc(NS(=O)(=O)CCc3ccc(OC)cc3)cc2C1. The molecule has 1 heterocycles. The summed E-state index contributed by atoms with van der Waals surface area (Å²) in [7, 11) is -5.22. The maximum Gasteiger partial charge on any atom is 0.233 e. The number of benzene rings is 2. The predicted molar refractivity (Wildman–Crippen MR) is 114 cm³/mol. The van der Waals surface area contributed by atoms with Gasteiger partial charge in [0.05, 0.1) is 18.6 Å². The number of hydrogen-bond donors (Lipinski definition) is 1. The molecule has 7 nitrogen and oxygen atoms in total. The van der Waals surface area contributed by atoms with E-state index in [9.17, 15) is 16.8 Å². The first-order valence-corrected chi connectivity index (χ1v) is 12.7. The molecule has 0 amide bonds. The van der Waals surface area contributed by atoms with Crippen molar-refractivity contribution in [2.45, 2.75) is 26.3 Å². The van der Waals surface area contributed by atoms with E-state index in [0.29, 0.717) is 25.1 Å². The lowest BCUT2D eigenvalue weighted by atomic mass is 10.0. The third-order valence-corrected chi connectivity index (χ3v) is 8.15. The molecular weight excluding hydrogens is 412 g/mol. The number of rotatable bonds is 8. The standard InChI is InChI=1S/C20H26N2O5S2/c1-3-29(25,26)22-12-10-17-6-7-19(14-18(17)15-22)21-28(23,24)13-11-16-4-8-20(27-2)9-5-16/h4-9,14,21H,3,10-13,15H2,1-2H3. The van der Waals surface area contributed by atoms with Crippen LogP contribution in [0.25, 0.3) is 0 Å². The van der Waals surface area contributed by atoms with Crippen LogP contribution in [0.1, 0.15) is 23.6 Å². The molecule has 0 saturated carbocycles. The van der Waals surface area contributed by atoms with E-state index in [0.717, 1.165) is 22.4 Å². The zero-order valence-electron chi connectivity index (χ0n) is 16.6. The van der Waals surface area contributed by atoms with Gasteiger partial charge < -0.3 is 4.74 Å². The first-order valence-electron chi connectivity index (χ1n) is 9.45. The van der Waals surface area contributed by atoms with Crippen LogP contribution >= 0.6 is 0 Å². The lowest BCUT2D eigenvalue weighted by Gasteiger charge is -2.28. The number of nitrogens with one attached hydrogen (secondary N) is 1. The van der Waals surface area contributed by atoms with E-state index in [4.69, 9.17) is 4.74 Å². The summed E-state index contributed by atoms with van der Waals surface area (Å²) in [4.78, 5) is 0. The number of aryl methyl sites for hydroxylation is 1. The third kappa shape index (κ3) is 5.49. The van der Waals surface area contributed by atoms with Crippen LogP contribution in [0.15, 0.2) is 42.5 Å². The first kappa shape index (κ1) is 21.6. The molecule has 0 spiro atoms. The molecule has 0 radical (unpaired) electrons. The van der Waals surface area contributed by atoms with Gasteiger partial charge in [0.1, 0.15) is 5.75 Å². The van der Waals surface area contributed by atoms with Gasteiger partial charge in [0.25, 0.3) is 0 Å². The molecule has 0 saturated heterocycles. The Morgan fingerprint density at radius 2 is 1.76 bits per heavy atom. The van der Waals surface area contributed by atoms with Gasteiger partial charge in [0.2, 0.25) is 20.0 Å². The van der Waals surface area contributed by atoms with Crippen LogP contribution in [0, 0.1) is 0 Å². The van der Waals surface area contributed by atoms with Crippen LogP contribution in [-0.2, 0) is 39.4 Å². The Kier molecular flexibility index (Phi) is 6.50. The van der Waals surface area contributed by atoms with Crippen LogP contribution in [-0.4, -0.2) is 46.3 Å². The van der Waals surface area contributed by atoms with Gasteiger partial charge in [-0.05, 0) is 60.7 Å². The Labute approximate surface area is 172 Å². The fourth-order valence-corrected chi connectivity index (χ4v) is 5.45. The molecule has 0 aliphatic carbocycles. The van der Waals surface area contributed by atoms with E-state index in [1.807, 2.05) is 18.2 Å². The second-order valence-electron chi connectivity index (χ2n) is 6.99. The minimum absolute atomic E-state index is 0.0489. The summed E-state index contributed by atoms with van der Waals surface area (Å²) in [5.41, 5.74) is 3.24. The number of ether oxygens (including phenoxy) is 1. The van der Waals surface area contributed by atoms with E-state index in [-0.39, 0.29) is 18.1 Å². The summed E-state index contributed by atoms with van der Waals surface area (Å²) in [6, 6.07) is 12.6. The number of sulfonamides is 2. The fourth-order valence-electron chi connectivity index (χ4n) is 3.29. The number of nitrogens with zero attached hydrogens (tertiary/aromatic N) is 1. The molecule has 0 atom stereocenters. The highest BCUT2D eigenvalue weighted by atomic mass is 32.2. The maximum atomic E-state index is 12.5. The zero-order chi connectivity index (χ0) is 21.1. The topological polar surface area (TPSA) is 92.8 Å². The van der Waals surface area contributed by atoms with Gasteiger partial charge in [-0.1, -0.05) is 18.2 Å². The molecule has 3 rings (SSSR count). The molecule has 9 heteroatoms. The molecule has 0 aromatic heterocycles. The lowest BCUT2D eigenvalue weighted by molar-refractivity contribution is 0.392. The first-order chi connectivity index (χ1) is 13.7. The summed E-state index contributed by atoms with van der Waals surface area (Å²) in [5, 5.41) is 0. The van der Waals surface area contributed by atoms with Crippen LogP contribution in [0.2, 0.25) is 0 Å². The van der Waals surface area contributed by atoms with E-state index in [2.05, 4.69) is 4.72 Å². The summed E-state index contributed by atoms with van der Waals surface area (Å²) in [6.07, 6.45) is 1.01. The molecule has 1 N–H and O–H groups in total. The quantitative estimate of drug-likeness (QED) is 0.683. The summed E-state index contributed by atoms with van der Waals surface area (Å²) >= 11 is 0. The maximum absolute atomic E-state index is 12.5. The molecule has 158 valence electrons. The van der Waals surface area contributed by atoms with Crippen molar-refractivity contribution in [3.05, 3.63) is 59.2 Å². The number of methoxy groups -OCH3 is 1. The second kappa shape index (κ2) is 8.73. The van der Waals surface area contributed by atoms with Crippen molar-refractivity contribution in [2.75, 3.05) is 29.9 Å². The molecule has 2 aromatic carbocycles. The molecule has 1 aliphatic heterocycles. The summed E-state index contributed by atoms with van der Waals surface area (Å²) in [6.45, 7) is 2.35. The highest BCUT2D eigenvalue weighted by Gasteiger charge is 2.25. The molecule has 2 aromatic rings. The Bertz CT molecular complexity index is 1060. The van der Waals surface area contributed by atoms with Crippen molar-refractivity contribution < 1.29 is 21.6 Å². The monoisotopic (exact) mass is 438 g/mol. The van der Waals surface area contributed by atoms with Crippen molar-refractivity contribution in [1.82, 2.24) is 4.31 Å². The predicted octanol–water partition coefficient (Wildman–Crippen LogP) is 2.39. The third-order valence-electron chi connectivity index (χ3n) is 5.03. The van der Waals surface area contributed by atoms with Gasteiger partial charge in [0, 0.05) is 18.8 Å². The van der Waals surface area contributed by atoms with E-state index < -0.39 is 20.0 Å². The van der Waals surface area contributed by atoms with E-state index in [1.165, 1.54) is 4.31 Å². The highest BCUT2D eigenvalue weighted by Crippen LogP contribution is 2.25. The van der Waals surface area contributed by atoms with Crippen LogP contribution in [0.5, 0.6) is 5.75 Å². The molecule has 1 aliphatic rings. The van der Waals surface area contributed by atoms with Crippen LogP contribution in [0.4, 0.5) is 5.69 Å². The molecule has 0 bridgehead atoms. The fraction of sp³-hybridized carbons (Fsp3) is 0.400. The van der Waals surface area contributed by atoms with Gasteiger partial charge >= 0.3 is 0 Å². The van der Waals surface area contributed by atoms with E-state index >= 15 is 0 Å².